The topological polar surface area (TPSA) is 26.3 Å². The number of carbonyl (C=O) groups excluding carboxylic acids is 1. The zero-order chi connectivity index (χ0) is 14.8. The highest BCUT2D eigenvalue weighted by Gasteiger charge is 2.05. The van der Waals surface area contributed by atoms with Crippen LogP contribution in [-0.2, 0) is 0 Å². The van der Waals surface area contributed by atoms with Crippen molar-refractivity contribution >= 4 is 28.7 Å². The van der Waals surface area contributed by atoms with Crippen molar-refractivity contribution in [2.24, 2.45) is 0 Å². The van der Waals surface area contributed by atoms with Crippen LogP contribution in [0.5, 0.6) is 5.75 Å². The van der Waals surface area contributed by atoms with Crippen molar-refractivity contribution in [3.05, 3.63) is 65.2 Å². The van der Waals surface area contributed by atoms with Gasteiger partial charge in [-0.25, -0.2) is 0 Å². The zero-order valence-electron chi connectivity index (χ0n) is 11.5. The highest BCUT2D eigenvalue weighted by Crippen LogP contribution is 2.29. The van der Waals surface area contributed by atoms with Crippen LogP contribution in [0.15, 0.2) is 54.6 Å². The molecule has 0 heterocycles. The number of fused-ring (bicyclic) bond motifs is 1. The maximum Gasteiger partial charge on any atom is 0.151 e. The van der Waals surface area contributed by atoms with E-state index in [9.17, 15) is 4.79 Å². The molecule has 0 saturated carbocycles. The molecular weight excluding hydrogens is 284 g/mol. The molecule has 0 aliphatic carbocycles. The maximum absolute atomic E-state index is 11.0. The van der Waals surface area contributed by atoms with Gasteiger partial charge in [0.2, 0.25) is 0 Å². The fourth-order valence-electron chi connectivity index (χ4n) is 2.34. The number of halogens is 1. The summed E-state index contributed by atoms with van der Waals surface area (Å²) in [6.07, 6.45) is 0.776. The Morgan fingerprint density at radius 2 is 1.57 bits per heavy atom. The van der Waals surface area contributed by atoms with Gasteiger partial charge in [-0.15, -0.1) is 0 Å². The lowest BCUT2D eigenvalue weighted by atomic mass is 10.00. The number of aldehydes is 1. The van der Waals surface area contributed by atoms with Crippen molar-refractivity contribution < 1.29 is 9.53 Å². The van der Waals surface area contributed by atoms with Gasteiger partial charge in [-0.3, -0.25) is 4.79 Å². The number of hydrogen-bond acceptors (Lipinski definition) is 2. The third kappa shape index (κ3) is 2.63. The van der Waals surface area contributed by atoms with Crippen molar-refractivity contribution in [2.75, 3.05) is 7.11 Å². The minimum absolute atomic E-state index is 0.472. The Kier molecular flexibility index (Phi) is 3.63. The number of hydrogen-bond donors (Lipinski definition) is 0. The highest BCUT2D eigenvalue weighted by atomic mass is 35.5. The lowest BCUT2D eigenvalue weighted by Gasteiger charge is -2.07. The summed E-state index contributed by atoms with van der Waals surface area (Å²) in [5.74, 6) is 0.838. The normalized spacial score (nSPS) is 10.6. The van der Waals surface area contributed by atoms with E-state index in [0.29, 0.717) is 10.6 Å². The molecule has 0 radical (unpaired) electrons. The van der Waals surface area contributed by atoms with Gasteiger partial charge in [-0.2, -0.15) is 0 Å². The molecule has 0 fully saturated rings. The van der Waals surface area contributed by atoms with E-state index in [1.165, 1.54) is 0 Å². The molecule has 0 unspecified atom stereocenters. The van der Waals surface area contributed by atoms with Gasteiger partial charge in [0, 0.05) is 5.56 Å². The lowest BCUT2D eigenvalue weighted by Crippen LogP contribution is -1.86. The average molecular weight is 297 g/mol. The third-order valence-corrected chi connectivity index (χ3v) is 3.85. The molecule has 3 aromatic rings. The quantitative estimate of drug-likeness (QED) is 0.637. The molecule has 0 aliphatic rings. The SMILES string of the molecule is COc1ccc2cc(-c3ccc(Cl)c(C=O)c3)ccc2c1. The minimum Gasteiger partial charge on any atom is -0.497 e. The fourth-order valence-corrected chi connectivity index (χ4v) is 2.51. The van der Waals surface area contributed by atoms with E-state index in [-0.39, 0.29) is 0 Å². The second-order valence-electron chi connectivity index (χ2n) is 4.78. The summed E-state index contributed by atoms with van der Waals surface area (Å²) in [6.45, 7) is 0. The Hall–Kier alpha value is -2.32. The number of rotatable bonds is 3. The average Bonchev–Trinajstić information content (AvgIpc) is 2.54. The predicted octanol–water partition coefficient (Wildman–Crippen LogP) is 4.98. The smallest absolute Gasteiger partial charge is 0.151 e. The van der Waals surface area contributed by atoms with Crippen LogP contribution in [0.3, 0.4) is 0 Å². The number of benzene rings is 3. The summed E-state index contributed by atoms with van der Waals surface area (Å²) in [7, 11) is 1.66. The van der Waals surface area contributed by atoms with Crippen LogP contribution in [0.2, 0.25) is 5.02 Å². The minimum atomic E-state index is 0.472. The van der Waals surface area contributed by atoms with E-state index in [1.807, 2.05) is 36.4 Å². The van der Waals surface area contributed by atoms with Gasteiger partial charge in [0.15, 0.2) is 6.29 Å². The molecule has 0 amide bonds. The van der Waals surface area contributed by atoms with Gasteiger partial charge in [0.05, 0.1) is 12.1 Å². The number of carbonyl (C=O) groups is 1. The van der Waals surface area contributed by atoms with Crippen LogP contribution in [0.4, 0.5) is 0 Å². The first-order valence-corrected chi connectivity index (χ1v) is 6.92. The van der Waals surface area contributed by atoms with E-state index >= 15 is 0 Å². The van der Waals surface area contributed by atoms with Crippen molar-refractivity contribution in [1.29, 1.82) is 0 Å². The molecule has 0 aromatic heterocycles. The van der Waals surface area contributed by atoms with E-state index in [1.54, 1.807) is 19.2 Å². The standard InChI is InChI=1S/C18H13ClO2/c1-21-17-6-4-13-8-12(2-3-15(13)10-17)14-5-7-18(19)16(9-14)11-20/h2-11H,1H3. The molecule has 104 valence electrons. The van der Waals surface area contributed by atoms with E-state index < -0.39 is 0 Å². The molecule has 0 saturated heterocycles. The van der Waals surface area contributed by atoms with Gasteiger partial charge >= 0.3 is 0 Å². The van der Waals surface area contributed by atoms with Crippen molar-refractivity contribution in [3.8, 4) is 16.9 Å². The number of methoxy groups -OCH3 is 1. The summed E-state index contributed by atoms with van der Waals surface area (Å²) in [5, 5.41) is 2.71. The maximum atomic E-state index is 11.0. The molecule has 0 atom stereocenters. The third-order valence-electron chi connectivity index (χ3n) is 3.50. The van der Waals surface area contributed by atoms with Crippen molar-refractivity contribution in [1.82, 2.24) is 0 Å². The van der Waals surface area contributed by atoms with Gasteiger partial charge in [-0.1, -0.05) is 35.9 Å². The molecule has 3 heteroatoms. The first-order valence-electron chi connectivity index (χ1n) is 6.54. The Morgan fingerprint density at radius 1 is 0.905 bits per heavy atom. The Morgan fingerprint density at radius 3 is 2.33 bits per heavy atom. The van der Waals surface area contributed by atoms with Gasteiger partial charge in [0.25, 0.3) is 0 Å². The summed E-state index contributed by atoms with van der Waals surface area (Å²) in [4.78, 5) is 11.0. The molecule has 0 bridgehead atoms. The molecular formula is C18H13ClO2. The summed E-state index contributed by atoms with van der Waals surface area (Å²) in [6, 6.07) is 17.6. The van der Waals surface area contributed by atoms with E-state index in [2.05, 4.69) is 6.07 Å². The molecule has 3 aromatic carbocycles. The second kappa shape index (κ2) is 5.58. The molecule has 3 rings (SSSR count). The lowest BCUT2D eigenvalue weighted by molar-refractivity contribution is 0.112. The molecule has 21 heavy (non-hydrogen) atoms. The van der Waals surface area contributed by atoms with Gasteiger partial charge in [0.1, 0.15) is 5.75 Å². The molecule has 0 aliphatic heterocycles. The fraction of sp³-hybridized carbons (Fsp3) is 0.0556. The Labute approximate surface area is 127 Å². The molecule has 2 nitrogen and oxygen atoms in total. The highest BCUT2D eigenvalue weighted by molar-refractivity contribution is 6.33. The van der Waals surface area contributed by atoms with Crippen LogP contribution in [0.25, 0.3) is 21.9 Å². The van der Waals surface area contributed by atoms with Gasteiger partial charge < -0.3 is 4.74 Å². The van der Waals surface area contributed by atoms with Crippen LogP contribution in [0.1, 0.15) is 10.4 Å². The van der Waals surface area contributed by atoms with E-state index in [4.69, 9.17) is 16.3 Å². The summed E-state index contributed by atoms with van der Waals surface area (Å²) in [5.41, 5.74) is 2.52. The summed E-state index contributed by atoms with van der Waals surface area (Å²) < 4.78 is 5.23. The Balaban J connectivity index is 2.10. The Bertz CT molecular complexity index is 825. The first kappa shape index (κ1) is 13.7. The van der Waals surface area contributed by atoms with E-state index in [0.717, 1.165) is 33.9 Å². The second-order valence-corrected chi connectivity index (χ2v) is 5.19. The van der Waals surface area contributed by atoms with Crippen LogP contribution in [-0.4, -0.2) is 13.4 Å². The van der Waals surface area contributed by atoms with Crippen LogP contribution >= 0.6 is 11.6 Å². The zero-order valence-corrected chi connectivity index (χ0v) is 12.2. The largest absolute Gasteiger partial charge is 0.497 e. The van der Waals surface area contributed by atoms with Crippen LogP contribution < -0.4 is 4.74 Å². The number of ether oxygens (including phenoxy) is 1. The molecule has 0 spiro atoms. The van der Waals surface area contributed by atoms with Crippen molar-refractivity contribution in [3.63, 3.8) is 0 Å². The predicted molar refractivity (Wildman–Crippen MR) is 86.3 cm³/mol. The monoisotopic (exact) mass is 296 g/mol. The van der Waals surface area contributed by atoms with Gasteiger partial charge in [-0.05, 0) is 52.2 Å². The molecule has 0 N–H and O–H groups in total. The first-order chi connectivity index (χ1) is 10.2. The summed E-state index contributed by atoms with van der Waals surface area (Å²) >= 11 is 5.97. The van der Waals surface area contributed by atoms with Crippen LogP contribution in [0, 0.1) is 0 Å². The van der Waals surface area contributed by atoms with Crippen molar-refractivity contribution in [2.45, 2.75) is 0 Å².